The largest absolute Gasteiger partial charge is 0.491 e. The molecule has 6 rings (SSSR count). The number of aromatic nitrogens is 5. The molecule has 0 bridgehead atoms. The molecule has 0 unspecified atom stereocenters. The van der Waals surface area contributed by atoms with Crippen LogP contribution >= 0.6 is 11.3 Å². The van der Waals surface area contributed by atoms with Crippen LogP contribution in [0.2, 0.25) is 0 Å². The van der Waals surface area contributed by atoms with Gasteiger partial charge in [-0.15, -0.1) is 0 Å². The number of benzene rings is 3. The number of para-hydroxylation sites is 1. The summed E-state index contributed by atoms with van der Waals surface area (Å²) in [4.78, 5) is 30.5. The smallest absolute Gasteiger partial charge is 0.296 e. The van der Waals surface area contributed by atoms with Gasteiger partial charge in [-0.25, -0.2) is 4.68 Å². The second-order valence-electron chi connectivity index (χ2n) is 9.54. The van der Waals surface area contributed by atoms with Gasteiger partial charge in [0.15, 0.2) is 0 Å². The molecule has 0 radical (unpaired) electrons. The summed E-state index contributed by atoms with van der Waals surface area (Å²) in [5.41, 5.74) is 3.61. The number of nitrogens with zero attached hydrogens (tertiary/aromatic N) is 5. The third-order valence-corrected chi connectivity index (χ3v) is 7.17. The SMILES string of the molecule is CC(C)Oc1ccc(-c2nn(-c3ccccc3)cc2/C=c2\sc3nc(=O)c(Cc4ccccc4)nn3c2=O)cc1. The molecule has 0 N–H and O–H groups in total. The topological polar surface area (TPSA) is 91.4 Å². The molecule has 0 saturated heterocycles. The summed E-state index contributed by atoms with van der Waals surface area (Å²) in [5, 5.41) is 9.24. The highest BCUT2D eigenvalue weighted by Gasteiger charge is 2.15. The van der Waals surface area contributed by atoms with Crippen molar-refractivity contribution in [2.45, 2.75) is 26.4 Å². The summed E-state index contributed by atoms with van der Waals surface area (Å²) in [6, 6.07) is 27.0. The van der Waals surface area contributed by atoms with Crippen molar-refractivity contribution in [3.63, 3.8) is 0 Å². The quantitative estimate of drug-likeness (QED) is 0.296. The van der Waals surface area contributed by atoms with Crippen molar-refractivity contribution >= 4 is 22.4 Å². The third-order valence-electron chi connectivity index (χ3n) is 6.21. The van der Waals surface area contributed by atoms with Crippen LogP contribution in [0.25, 0.3) is 28.0 Å². The number of fused-ring (bicyclic) bond motifs is 1. The van der Waals surface area contributed by atoms with Gasteiger partial charge < -0.3 is 4.74 Å². The molecule has 0 aliphatic rings. The molecule has 40 heavy (non-hydrogen) atoms. The molecule has 3 aromatic carbocycles. The molecule has 0 atom stereocenters. The molecule has 0 fully saturated rings. The standard InChI is InChI=1S/C31H25N5O3S/c1-20(2)39-25-15-13-22(14-16-25)28-23(19-35(34-28)24-11-7-4-8-12-24)18-27-30(38)36-31(40-27)32-29(37)26(33-36)17-21-9-5-3-6-10-21/h3-16,18-20H,17H2,1-2H3/b27-18-. The number of rotatable bonds is 7. The molecule has 198 valence electrons. The minimum absolute atomic E-state index is 0.0676. The van der Waals surface area contributed by atoms with Crippen LogP contribution in [0.1, 0.15) is 30.7 Å². The maximum atomic E-state index is 13.4. The van der Waals surface area contributed by atoms with Gasteiger partial charge in [-0.3, -0.25) is 9.59 Å². The molecule has 3 aromatic heterocycles. The summed E-state index contributed by atoms with van der Waals surface area (Å²) in [6.07, 6.45) is 4.04. The highest BCUT2D eigenvalue weighted by molar-refractivity contribution is 7.15. The Kier molecular flexibility index (Phi) is 6.79. The van der Waals surface area contributed by atoms with E-state index in [1.165, 1.54) is 4.52 Å². The molecule has 3 heterocycles. The third kappa shape index (κ3) is 5.19. The number of thiazole rings is 1. The number of hydrogen-bond donors (Lipinski definition) is 0. The molecular formula is C31H25N5O3S. The zero-order chi connectivity index (χ0) is 27.6. The average molecular weight is 548 g/mol. The lowest BCUT2D eigenvalue weighted by atomic mass is 10.1. The Morgan fingerprint density at radius 2 is 1.60 bits per heavy atom. The van der Waals surface area contributed by atoms with Crippen molar-refractivity contribution in [3.8, 4) is 22.7 Å². The molecule has 0 aliphatic heterocycles. The Morgan fingerprint density at radius 3 is 2.30 bits per heavy atom. The molecule has 6 aromatic rings. The summed E-state index contributed by atoms with van der Waals surface area (Å²) in [6.45, 7) is 3.96. The highest BCUT2D eigenvalue weighted by atomic mass is 32.1. The van der Waals surface area contributed by atoms with E-state index in [9.17, 15) is 9.59 Å². The first kappa shape index (κ1) is 25.4. The Hall–Kier alpha value is -4.89. The first-order chi connectivity index (χ1) is 19.4. The van der Waals surface area contributed by atoms with Gasteiger partial charge in [0, 0.05) is 23.7 Å². The van der Waals surface area contributed by atoms with Crippen LogP contribution in [-0.4, -0.2) is 30.5 Å². The maximum Gasteiger partial charge on any atom is 0.296 e. The van der Waals surface area contributed by atoms with Crippen LogP contribution in [0.4, 0.5) is 0 Å². The summed E-state index contributed by atoms with van der Waals surface area (Å²) in [5.74, 6) is 0.770. The second-order valence-corrected chi connectivity index (χ2v) is 10.5. The van der Waals surface area contributed by atoms with E-state index in [1.807, 2.05) is 105 Å². The van der Waals surface area contributed by atoms with Crippen LogP contribution in [0.15, 0.2) is 101 Å². The maximum absolute atomic E-state index is 13.4. The first-order valence-electron chi connectivity index (χ1n) is 12.9. The monoisotopic (exact) mass is 547 g/mol. The van der Waals surface area contributed by atoms with Crippen LogP contribution < -0.4 is 20.4 Å². The van der Waals surface area contributed by atoms with Crippen molar-refractivity contribution in [2.24, 2.45) is 0 Å². The van der Waals surface area contributed by atoms with E-state index in [0.29, 0.717) is 16.6 Å². The van der Waals surface area contributed by atoms with Crippen molar-refractivity contribution in [3.05, 3.63) is 133 Å². The molecule has 0 amide bonds. The lowest BCUT2D eigenvalue weighted by Gasteiger charge is -2.09. The minimum Gasteiger partial charge on any atom is -0.491 e. The van der Waals surface area contributed by atoms with E-state index < -0.39 is 5.56 Å². The molecular weight excluding hydrogens is 522 g/mol. The Balaban J connectivity index is 1.46. The van der Waals surface area contributed by atoms with Gasteiger partial charge in [-0.2, -0.15) is 19.7 Å². The van der Waals surface area contributed by atoms with Gasteiger partial charge >= 0.3 is 0 Å². The first-order valence-corrected chi connectivity index (χ1v) is 13.7. The van der Waals surface area contributed by atoms with E-state index in [0.717, 1.165) is 39.5 Å². The van der Waals surface area contributed by atoms with Gasteiger partial charge in [0.2, 0.25) is 4.96 Å². The summed E-state index contributed by atoms with van der Waals surface area (Å²) < 4.78 is 9.21. The molecule has 0 saturated carbocycles. The average Bonchev–Trinajstić information content (AvgIpc) is 3.51. The van der Waals surface area contributed by atoms with Crippen LogP contribution in [0, 0.1) is 0 Å². The normalized spacial score (nSPS) is 11.9. The van der Waals surface area contributed by atoms with Crippen LogP contribution in [0.3, 0.4) is 0 Å². The summed E-state index contributed by atoms with van der Waals surface area (Å²) >= 11 is 1.13. The highest BCUT2D eigenvalue weighted by Crippen LogP contribution is 2.27. The summed E-state index contributed by atoms with van der Waals surface area (Å²) in [7, 11) is 0. The van der Waals surface area contributed by atoms with Crippen molar-refractivity contribution in [2.75, 3.05) is 0 Å². The van der Waals surface area contributed by atoms with Gasteiger partial charge in [0.05, 0.1) is 16.3 Å². The minimum atomic E-state index is -0.432. The molecule has 9 heteroatoms. The predicted molar refractivity (Wildman–Crippen MR) is 156 cm³/mol. The molecule has 8 nitrogen and oxygen atoms in total. The van der Waals surface area contributed by atoms with Crippen molar-refractivity contribution in [1.29, 1.82) is 0 Å². The molecule has 0 aliphatic carbocycles. The van der Waals surface area contributed by atoms with E-state index in [2.05, 4.69) is 10.1 Å². The fourth-order valence-corrected chi connectivity index (χ4v) is 5.27. The van der Waals surface area contributed by atoms with Crippen molar-refractivity contribution < 1.29 is 4.74 Å². The van der Waals surface area contributed by atoms with E-state index in [-0.39, 0.29) is 22.3 Å². The Labute approximate surface area is 233 Å². The fraction of sp³-hybridized carbons (Fsp3) is 0.129. The molecule has 0 spiro atoms. The Morgan fingerprint density at radius 1 is 0.900 bits per heavy atom. The Bertz CT molecular complexity index is 1960. The van der Waals surface area contributed by atoms with E-state index in [1.54, 1.807) is 10.8 Å². The van der Waals surface area contributed by atoms with Crippen LogP contribution in [-0.2, 0) is 6.42 Å². The zero-order valence-corrected chi connectivity index (χ0v) is 22.7. The lowest BCUT2D eigenvalue weighted by Crippen LogP contribution is -2.28. The lowest BCUT2D eigenvalue weighted by molar-refractivity contribution is 0.242. The second kappa shape index (κ2) is 10.7. The van der Waals surface area contributed by atoms with Crippen molar-refractivity contribution in [1.82, 2.24) is 24.4 Å². The fourth-order valence-electron chi connectivity index (χ4n) is 4.38. The number of ether oxygens (including phenoxy) is 1. The predicted octanol–water partition coefficient (Wildman–Crippen LogP) is 4.29. The van der Waals surface area contributed by atoms with Gasteiger partial charge in [0.25, 0.3) is 11.1 Å². The van der Waals surface area contributed by atoms with Gasteiger partial charge in [-0.05, 0) is 61.9 Å². The number of hydrogen-bond acceptors (Lipinski definition) is 7. The van der Waals surface area contributed by atoms with E-state index in [4.69, 9.17) is 9.84 Å². The van der Waals surface area contributed by atoms with Gasteiger partial charge in [0.1, 0.15) is 17.1 Å². The van der Waals surface area contributed by atoms with Crippen LogP contribution in [0.5, 0.6) is 5.75 Å². The van der Waals surface area contributed by atoms with Gasteiger partial charge in [-0.1, -0.05) is 59.9 Å². The zero-order valence-electron chi connectivity index (χ0n) is 21.9. The van der Waals surface area contributed by atoms with E-state index >= 15 is 0 Å².